The van der Waals surface area contributed by atoms with Crippen molar-refractivity contribution in [2.24, 2.45) is 0 Å². The Hall–Kier alpha value is -1.81. The molecule has 0 unspecified atom stereocenters. The number of benzene rings is 1. The number of hydrogen-bond donors (Lipinski definition) is 1. The summed E-state index contributed by atoms with van der Waals surface area (Å²) in [7, 11) is 0. The third kappa shape index (κ3) is 4.38. The largest absolute Gasteiger partial charge is 0.486 e. The summed E-state index contributed by atoms with van der Waals surface area (Å²) < 4.78 is 5.65. The third-order valence-electron chi connectivity index (χ3n) is 2.62. The monoisotopic (exact) mass is 291 g/mol. The fourth-order valence-corrected chi connectivity index (χ4v) is 1.92. The van der Waals surface area contributed by atoms with Crippen molar-refractivity contribution in [1.29, 1.82) is 0 Å². The highest BCUT2D eigenvalue weighted by Gasteiger charge is 2.03. The second-order valence-corrected chi connectivity index (χ2v) is 4.92. The average molecular weight is 292 g/mol. The molecule has 5 heteroatoms. The molecule has 1 N–H and O–H groups in total. The Morgan fingerprint density at radius 1 is 1.25 bits per heavy atom. The van der Waals surface area contributed by atoms with E-state index in [1.165, 1.54) is 0 Å². The number of nitrogens with zero attached hydrogens (tertiary/aromatic N) is 2. The lowest BCUT2D eigenvalue weighted by molar-refractivity contribution is 0.295. The Balaban J connectivity index is 2.03. The molecule has 0 aliphatic rings. The number of anilines is 1. The van der Waals surface area contributed by atoms with Gasteiger partial charge in [0.25, 0.3) is 0 Å². The summed E-state index contributed by atoms with van der Waals surface area (Å²) >= 11 is 5.91. The van der Waals surface area contributed by atoms with Crippen molar-refractivity contribution in [3.8, 4) is 5.75 Å². The van der Waals surface area contributed by atoms with E-state index < -0.39 is 0 Å². The van der Waals surface area contributed by atoms with E-state index in [1.54, 1.807) is 6.07 Å². The number of rotatable bonds is 6. The Kier molecular flexibility index (Phi) is 5.18. The van der Waals surface area contributed by atoms with E-state index in [0.29, 0.717) is 23.2 Å². The maximum atomic E-state index is 5.91. The van der Waals surface area contributed by atoms with Crippen LogP contribution in [0.3, 0.4) is 0 Å². The summed E-state index contributed by atoms with van der Waals surface area (Å²) in [6, 6.07) is 9.22. The first-order valence-corrected chi connectivity index (χ1v) is 7.02. The van der Waals surface area contributed by atoms with E-state index in [4.69, 9.17) is 16.3 Å². The van der Waals surface area contributed by atoms with Crippen molar-refractivity contribution >= 4 is 17.4 Å². The molecule has 2 aromatic rings. The van der Waals surface area contributed by atoms with Gasteiger partial charge in [0.1, 0.15) is 18.2 Å². The number of aromatic nitrogens is 2. The Morgan fingerprint density at radius 2 is 2.10 bits per heavy atom. The topological polar surface area (TPSA) is 47.0 Å². The fourth-order valence-electron chi connectivity index (χ4n) is 1.74. The highest BCUT2D eigenvalue weighted by Crippen LogP contribution is 2.18. The van der Waals surface area contributed by atoms with E-state index in [2.05, 4.69) is 22.2 Å². The minimum atomic E-state index is 0.322. The number of hydrogen-bond acceptors (Lipinski definition) is 4. The second kappa shape index (κ2) is 7.10. The molecule has 2 rings (SSSR count). The zero-order valence-corrected chi connectivity index (χ0v) is 12.4. The molecule has 1 aromatic heterocycles. The van der Waals surface area contributed by atoms with Crippen molar-refractivity contribution in [3.63, 3.8) is 0 Å². The molecule has 0 aliphatic heterocycles. The van der Waals surface area contributed by atoms with Crippen molar-refractivity contribution < 1.29 is 4.74 Å². The van der Waals surface area contributed by atoms with Gasteiger partial charge in [-0.2, -0.15) is 0 Å². The quantitative estimate of drug-likeness (QED) is 0.878. The zero-order chi connectivity index (χ0) is 14.4. The zero-order valence-electron chi connectivity index (χ0n) is 11.7. The van der Waals surface area contributed by atoms with Gasteiger partial charge in [-0.25, -0.2) is 9.97 Å². The molecule has 0 saturated heterocycles. The van der Waals surface area contributed by atoms with Gasteiger partial charge in [0.2, 0.25) is 0 Å². The summed E-state index contributed by atoms with van der Waals surface area (Å²) in [6.07, 6.45) is 1.05. The maximum absolute atomic E-state index is 5.91. The van der Waals surface area contributed by atoms with Crippen molar-refractivity contribution in [1.82, 2.24) is 9.97 Å². The van der Waals surface area contributed by atoms with Gasteiger partial charge < -0.3 is 10.1 Å². The molecular formula is C15H18ClN3O. The molecule has 1 aromatic carbocycles. The molecule has 0 atom stereocenters. The minimum absolute atomic E-state index is 0.322. The lowest BCUT2D eigenvalue weighted by Gasteiger charge is -2.09. The molecule has 20 heavy (non-hydrogen) atoms. The van der Waals surface area contributed by atoms with E-state index in [9.17, 15) is 0 Å². The van der Waals surface area contributed by atoms with Crippen LogP contribution in [-0.2, 0) is 6.61 Å². The van der Waals surface area contributed by atoms with Crippen LogP contribution >= 0.6 is 11.6 Å². The summed E-state index contributed by atoms with van der Waals surface area (Å²) in [5.41, 5.74) is 0.920. The highest BCUT2D eigenvalue weighted by molar-refractivity contribution is 6.30. The molecule has 0 spiro atoms. The summed E-state index contributed by atoms with van der Waals surface area (Å²) in [5.74, 6) is 2.21. The van der Waals surface area contributed by atoms with Gasteiger partial charge in [-0.3, -0.25) is 0 Å². The smallest absolute Gasteiger partial charge is 0.168 e. The van der Waals surface area contributed by atoms with Gasteiger partial charge in [0.05, 0.1) is 0 Å². The van der Waals surface area contributed by atoms with E-state index in [-0.39, 0.29) is 0 Å². The van der Waals surface area contributed by atoms with Crippen LogP contribution in [0.15, 0.2) is 30.3 Å². The fraction of sp³-hybridized carbons (Fsp3) is 0.333. The second-order valence-electron chi connectivity index (χ2n) is 4.48. The van der Waals surface area contributed by atoms with Gasteiger partial charge in [-0.15, -0.1) is 0 Å². The van der Waals surface area contributed by atoms with Crippen molar-refractivity contribution in [2.75, 3.05) is 11.9 Å². The SMILES string of the molecule is CCCNc1cc(C)nc(COc2cccc(Cl)c2)n1. The third-order valence-corrected chi connectivity index (χ3v) is 2.86. The number of halogens is 1. The van der Waals surface area contributed by atoms with Crippen molar-refractivity contribution in [2.45, 2.75) is 26.9 Å². The molecule has 4 nitrogen and oxygen atoms in total. The maximum Gasteiger partial charge on any atom is 0.168 e. The van der Waals surface area contributed by atoms with Crippen LogP contribution in [0, 0.1) is 6.92 Å². The van der Waals surface area contributed by atoms with Crippen LogP contribution in [0.1, 0.15) is 24.9 Å². The van der Waals surface area contributed by atoms with Crippen LogP contribution in [0.4, 0.5) is 5.82 Å². The van der Waals surface area contributed by atoms with E-state index in [1.807, 2.05) is 31.2 Å². The Morgan fingerprint density at radius 3 is 2.85 bits per heavy atom. The number of nitrogens with one attached hydrogen (secondary N) is 1. The van der Waals surface area contributed by atoms with Crippen LogP contribution < -0.4 is 10.1 Å². The van der Waals surface area contributed by atoms with Crippen LogP contribution in [0.2, 0.25) is 5.02 Å². The Bertz CT molecular complexity index is 575. The normalized spacial score (nSPS) is 10.3. The van der Waals surface area contributed by atoms with E-state index >= 15 is 0 Å². The average Bonchev–Trinajstić information content (AvgIpc) is 2.42. The lowest BCUT2D eigenvalue weighted by Crippen LogP contribution is -2.08. The molecule has 106 valence electrons. The van der Waals surface area contributed by atoms with Crippen LogP contribution in [0.25, 0.3) is 0 Å². The van der Waals surface area contributed by atoms with Gasteiger partial charge in [0, 0.05) is 23.3 Å². The number of aryl methyl sites for hydroxylation is 1. The summed E-state index contributed by atoms with van der Waals surface area (Å²) in [4.78, 5) is 8.80. The first kappa shape index (κ1) is 14.6. The Labute approximate surface area is 124 Å². The molecule has 0 aliphatic carbocycles. The van der Waals surface area contributed by atoms with Crippen LogP contribution in [0.5, 0.6) is 5.75 Å². The molecule has 0 fully saturated rings. The molecule has 0 radical (unpaired) electrons. The van der Waals surface area contributed by atoms with Gasteiger partial charge in [-0.05, 0) is 31.5 Å². The standard InChI is InChI=1S/C15H18ClN3O/c1-3-7-17-14-8-11(2)18-15(19-14)10-20-13-6-4-5-12(16)9-13/h4-6,8-9H,3,7,10H2,1-2H3,(H,17,18,19). The molecule has 0 bridgehead atoms. The van der Waals surface area contributed by atoms with E-state index in [0.717, 1.165) is 24.5 Å². The number of ether oxygens (including phenoxy) is 1. The van der Waals surface area contributed by atoms with Crippen LogP contribution in [-0.4, -0.2) is 16.5 Å². The summed E-state index contributed by atoms with van der Waals surface area (Å²) in [6.45, 7) is 5.28. The molecule has 0 saturated carbocycles. The predicted octanol–water partition coefficient (Wildman–Crippen LogP) is 3.84. The highest BCUT2D eigenvalue weighted by atomic mass is 35.5. The van der Waals surface area contributed by atoms with Gasteiger partial charge in [0.15, 0.2) is 5.82 Å². The molecule has 0 amide bonds. The summed E-state index contributed by atoms with van der Waals surface area (Å²) in [5, 5.41) is 3.91. The first-order valence-electron chi connectivity index (χ1n) is 6.64. The van der Waals surface area contributed by atoms with Gasteiger partial charge >= 0.3 is 0 Å². The van der Waals surface area contributed by atoms with Crippen molar-refractivity contribution in [3.05, 3.63) is 46.9 Å². The molecule has 1 heterocycles. The minimum Gasteiger partial charge on any atom is -0.486 e. The van der Waals surface area contributed by atoms with Gasteiger partial charge in [-0.1, -0.05) is 24.6 Å². The first-order chi connectivity index (χ1) is 9.67. The predicted molar refractivity (Wildman–Crippen MR) is 81.3 cm³/mol. The lowest BCUT2D eigenvalue weighted by atomic mass is 10.3. The molecular weight excluding hydrogens is 274 g/mol.